The number of rotatable bonds is 3. The number of carbonyl (C=O) groups is 2. The average Bonchev–Trinajstić information content (AvgIpc) is 3.28. The quantitative estimate of drug-likeness (QED) is 0.625. The molecule has 1 aromatic rings. The van der Waals surface area contributed by atoms with Crippen LogP contribution in [-0.4, -0.2) is 57.1 Å². The maximum Gasteiger partial charge on any atom is 0.277 e. The molecule has 2 aliphatic heterocycles. The molecule has 2 atom stereocenters. The maximum absolute atomic E-state index is 12.8. The van der Waals surface area contributed by atoms with Crippen molar-refractivity contribution in [1.82, 2.24) is 20.3 Å². The molecule has 2 bridgehead atoms. The van der Waals surface area contributed by atoms with Gasteiger partial charge in [0.1, 0.15) is 0 Å². The van der Waals surface area contributed by atoms with Crippen molar-refractivity contribution in [3.8, 4) is 0 Å². The molecule has 3 aliphatic rings. The Morgan fingerprint density at radius 3 is 2.40 bits per heavy atom. The van der Waals surface area contributed by atoms with Gasteiger partial charge in [0.15, 0.2) is 0 Å². The van der Waals surface area contributed by atoms with Crippen molar-refractivity contribution in [2.24, 2.45) is 5.92 Å². The van der Waals surface area contributed by atoms with Gasteiger partial charge in [-0.1, -0.05) is 19.3 Å². The number of carbonyl (C=O) groups excluding carboxylic acids is 2. The summed E-state index contributed by atoms with van der Waals surface area (Å²) in [4.78, 5) is 36.8. The van der Waals surface area contributed by atoms with Crippen LogP contribution in [0.1, 0.15) is 48.9 Å². The third-order valence-electron chi connectivity index (χ3n) is 5.74. The van der Waals surface area contributed by atoms with E-state index < -0.39 is 5.91 Å². The third kappa shape index (κ3) is 2.95. The van der Waals surface area contributed by atoms with Gasteiger partial charge in [-0.2, -0.15) is 0 Å². The molecular weight excluding hydrogens is 322 g/mol. The highest BCUT2D eigenvalue weighted by Crippen LogP contribution is 2.35. The Labute approximate surface area is 146 Å². The lowest BCUT2D eigenvalue weighted by atomic mass is 9.88. The Hall–Kier alpha value is -2.22. The summed E-state index contributed by atoms with van der Waals surface area (Å²) >= 11 is 0. The minimum absolute atomic E-state index is 0.213. The minimum Gasteiger partial charge on any atom is -0.336 e. The number of nitrogens with zero attached hydrogens (tertiary/aromatic N) is 4. The molecule has 8 nitrogen and oxygen atoms in total. The number of anilines is 1. The van der Waals surface area contributed by atoms with Gasteiger partial charge in [-0.25, -0.2) is 15.4 Å². The fourth-order valence-corrected chi connectivity index (χ4v) is 4.42. The second kappa shape index (κ2) is 6.59. The van der Waals surface area contributed by atoms with E-state index in [2.05, 4.69) is 19.8 Å². The van der Waals surface area contributed by atoms with E-state index in [0.717, 1.165) is 32.4 Å². The summed E-state index contributed by atoms with van der Waals surface area (Å²) in [5, 5.41) is 8.64. The lowest BCUT2D eigenvalue weighted by Crippen LogP contribution is -2.51. The van der Waals surface area contributed by atoms with Crippen molar-refractivity contribution in [2.45, 2.75) is 50.6 Å². The van der Waals surface area contributed by atoms with E-state index in [1.807, 2.05) is 0 Å². The molecule has 0 spiro atoms. The summed E-state index contributed by atoms with van der Waals surface area (Å²) in [6, 6.07) is 0.485. The van der Waals surface area contributed by atoms with Gasteiger partial charge < -0.3 is 9.80 Å². The van der Waals surface area contributed by atoms with Crippen LogP contribution < -0.4 is 10.4 Å². The van der Waals surface area contributed by atoms with Crippen molar-refractivity contribution in [1.29, 1.82) is 0 Å². The average molecular weight is 345 g/mol. The van der Waals surface area contributed by atoms with E-state index in [0.29, 0.717) is 11.9 Å². The van der Waals surface area contributed by atoms with Gasteiger partial charge in [-0.15, -0.1) is 0 Å². The molecular formula is C17H23N5O3. The van der Waals surface area contributed by atoms with Crippen molar-refractivity contribution in [2.75, 3.05) is 18.0 Å². The molecule has 1 saturated carbocycles. The summed E-state index contributed by atoms with van der Waals surface area (Å²) in [6.45, 7) is 1.48. The van der Waals surface area contributed by atoms with Crippen LogP contribution in [-0.2, 0) is 4.79 Å². The highest BCUT2D eigenvalue weighted by molar-refractivity contribution is 5.92. The highest BCUT2D eigenvalue weighted by atomic mass is 16.5. The van der Waals surface area contributed by atoms with Crippen LogP contribution >= 0.6 is 0 Å². The van der Waals surface area contributed by atoms with Gasteiger partial charge in [0, 0.05) is 31.4 Å². The predicted molar refractivity (Wildman–Crippen MR) is 89.1 cm³/mol. The van der Waals surface area contributed by atoms with Crippen LogP contribution in [0, 0.1) is 5.92 Å². The number of aromatic nitrogens is 2. The van der Waals surface area contributed by atoms with Gasteiger partial charge in [0.2, 0.25) is 11.9 Å². The van der Waals surface area contributed by atoms with Crippen LogP contribution in [0.5, 0.6) is 0 Å². The first-order valence-corrected chi connectivity index (χ1v) is 9.01. The molecule has 2 N–H and O–H groups in total. The first kappa shape index (κ1) is 16.3. The summed E-state index contributed by atoms with van der Waals surface area (Å²) in [5.74, 6) is 0.502. The van der Waals surface area contributed by atoms with Crippen LogP contribution in [0.4, 0.5) is 5.95 Å². The van der Waals surface area contributed by atoms with E-state index in [1.54, 1.807) is 5.48 Å². The Bertz CT molecular complexity index is 659. The Morgan fingerprint density at radius 1 is 1.08 bits per heavy atom. The van der Waals surface area contributed by atoms with Crippen LogP contribution in [0.25, 0.3) is 0 Å². The maximum atomic E-state index is 12.8. The van der Waals surface area contributed by atoms with E-state index in [1.165, 1.54) is 31.7 Å². The van der Waals surface area contributed by atoms with Crippen molar-refractivity contribution < 1.29 is 14.8 Å². The highest BCUT2D eigenvalue weighted by Gasteiger charge is 2.47. The molecule has 134 valence electrons. The topological polar surface area (TPSA) is 98.7 Å². The van der Waals surface area contributed by atoms with E-state index in [-0.39, 0.29) is 23.6 Å². The van der Waals surface area contributed by atoms with E-state index in [4.69, 9.17) is 5.21 Å². The van der Waals surface area contributed by atoms with Gasteiger partial charge in [-0.3, -0.25) is 14.8 Å². The number of amides is 2. The number of hydrogen-bond acceptors (Lipinski definition) is 6. The number of hydrogen-bond donors (Lipinski definition) is 2. The monoisotopic (exact) mass is 345 g/mol. The lowest BCUT2D eigenvalue weighted by molar-refractivity contribution is -0.137. The van der Waals surface area contributed by atoms with Crippen LogP contribution in [0.3, 0.4) is 0 Å². The predicted octanol–water partition coefficient (Wildman–Crippen LogP) is 0.965. The first-order chi connectivity index (χ1) is 12.2. The van der Waals surface area contributed by atoms with E-state index in [9.17, 15) is 9.59 Å². The Morgan fingerprint density at radius 2 is 1.80 bits per heavy atom. The number of hydroxylamine groups is 1. The number of fused-ring (bicyclic) bond motifs is 2. The molecule has 2 amide bonds. The van der Waals surface area contributed by atoms with Crippen molar-refractivity contribution >= 4 is 17.8 Å². The molecule has 3 heterocycles. The van der Waals surface area contributed by atoms with Gasteiger partial charge in [-0.05, 0) is 19.3 Å². The van der Waals surface area contributed by atoms with E-state index >= 15 is 0 Å². The first-order valence-electron chi connectivity index (χ1n) is 9.01. The molecule has 0 radical (unpaired) electrons. The fourth-order valence-electron chi connectivity index (χ4n) is 4.42. The zero-order chi connectivity index (χ0) is 17.4. The minimum atomic E-state index is -0.626. The molecule has 1 aromatic heterocycles. The molecule has 8 heteroatoms. The molecule has 2 unspecified atom stereocenters. The summed E-state index contributed by atoms with van der Waals surface area (Å²) in [5.41, 5.74) is 1.78. The standard InChI is InChI=1S/C17H23N5O3/c23-15(20-25)12-7-18-17(19-8-12)22-10-13-6-14(22)9-21(13)16(24)11-4-2-1-3-5-11/h7-8,11,13-14,25H,1-6,9-10H2,(H,20,23). The molecule has 25 heavy (non-hydrogen) atoms. The number of piperazine rings is 1. The Balaban J connectivity index is 1.41. The van der Waals surface area contributed by atoms with Crippen molar-refractivity contribution in [3.05, 3.63) is 18.0 Å². The fraction of sp³-hybridized carbons (Fsp3) is 0.647. The van der Waals surface area contributed by atoms with Gasteiger partial charge in [0.05, 0.1) is 17.6 Å². The second-order valence-electron chi connectivity index (χ2n) is 7.23. The van der Waals surface area contributed by atoms with Gasteiger partial charge >= 0.3 is 0 Å². The lowest BCUT2D eigenvalue weighted by Gasteiger charge is -2.36. The second-order valence-corrected chi connectivity index (χ2v) is 7.23. The Kier molecular flexibility index (Phi) is 4.29. The molecule has 2 saturated heterocycles. The zero-order valence-electron chi connectivity index (χ0n) is 14.1. The van der Waals surface area contributed by atoms with Crippen LogP contribution in [0.15, 0.2) is 12.4 Å². The third-order valence-corrected chi connectivity index (χ3v) is 5.74. The van der Waals surface area contributed by atoms with Gasteiger partial charge in [0.25, 0.3) is 5.91 Å². The summed E-state index contributed by atoms with van der Waals surface area (Å²) in [7, 11) is 0. The van der Waals surface area contributed by atoms with Crippen molar-refractivity contribution in [3.63, 3.8) is 0 Å². The SMILES string of the molecule is O=C(NO)c1cnc(N2CC3CC2CN3C(=O)C2CCCCC2)nc1. The smallest absolute Gasteiger partial charge is 0.277 e. The number of nitrogens with one attached hydrogen (secondary N) is 1. The molecule has 4 rings (SSSR count). The zero-order valence-corrected chi connectivity index (χ0v) is 14.1. The molecule has 3 fully saturated rings. The number of likely N-dealkylation sites (tertiary alicyclic amines) is 1. The summed E-state index contributed by atoms with van der Waals surface area (Å²) in [6.07, 6.45) is 9.45. The van der Waals surface area contributed by atoms with Crippen LogP contribution in [0.2, 0.25) is 0 Å². The largest absolute Gasteiger partial charge is 0.336 e. The molecule has 1 aliphatic carbocycles. The molecule has 0 aromatic carbocycles. The summed E-state index contributed by atoms with van der Waals surface area (Å²) < 4.78 is 0. The normalized spacial score (nSPS) is 26.1.